The SMILES string of the molecule is CC(C)(O)C(NC(=O)Nc1cc2[nH]nc(OCCO)c2cn1)c1ccc(F)cc1. The smallest absolute Gasteiger partial charge is 0.320 e. The number of hydrogen-bond donors (Lipinski definition) is 5. The molecule has 0 fully saturated rings. The molecule has 0 aliphatic rings. The van der Waals surface area contributed by atoms with Crippen LogP contribution in [0.4, 0.5) is 15.0 Å². The zero-order valence-corrected chi connectivity index (χ0v) is 15.9. The maximum Gasteiger partial charge on any atom is 0.320 e. The zero-order chi connectivity index (χ0) is 21.0. The van der Waals surface area contributed by atoms with E-state index in [-0.39, 0.29) is 19.0 Å². The molecule has 154 valence electrons. The molecule has 29 heavy (non-hydrogen) atoms. The largest absolute Gasteiger partial charge is 0.474 e. The van der Waals surface area contributed by atoms with Gasteiger partial charge in [-0.15, -0.1) is 5.10 Å². The van der Waals surface area contributed by atoms with Crippen LogP contribution in [0.1, 0.15) is 25.5 Å². The molecule has 0 saturated carbocycles. The number of fused-ring (bicyclic) bond motifs is 1. The number of hydrogen-bond acceptors (Lipinski definition) is 6. The minimum atomic E-state index is -1.30. The van der Waals surface area contributed by atoms with Crippen molar-refractivity contribution in [1.29, 1.82) is 0 Å². The fourth-order valence-corrected chi connectivity index (χ4v) is 2.82. The second-order valence-corrected chi connectivity index (χ2v) is 6.95. The van der Waals surface area contributed by atoms with Gasteiger partial charge in [0.2, 0.25) is 5.88 Å². The van der Waals surface area contributed by atoms with Gasteiger partial charge in [0.1, 0.15) is 18.2 Å². The van der Waals surface area contributed by atoms with Gasteiger partial charge in [0.15, 0.2) is 0 Å². The third kappa shape index (κ3) is 4.98. The number of ether oxygens (including phenoxy) is 1. The maximum absolute atomic E-state index is 13.2. The van der Waals surface area contributed by atoms with Crippen LogP contribution in [0.15, 0.2) is 36.5 Å². The van der Waals surface area contributed by atoms with Gasteiger partial charge in [0.25, 0.3) is 0 Å². The zero-order valence-electron chi connectivity index (χ0n) is 15.9. The van der Waals surface area contributed by atoms with E-state index in [1.807, 2.05) is 0 Å². The number of nitrogens with one attached hydrogen (secondary N) is 3. The minimum absolute atomic E-state index is 0.101. The number of amides is 2. The fraction of sp³-hybridized carbons (Fsp3) is 0.316. The molecule has 2 heterocycles. The van der Waals surface area contributed by atoms with Gasteiger partial charge in [-0.05, 0) is 31.5 Å². The number of carbonyl (C=O) groups excluding carboxylic acids is 1. The van der Waals surface area contributed by atoms with Gasteiger partial charge in [-0.1, -0.05) is 12.1 Å². The first-order chi connectivity index (χ1) is 13.8. The van der Waals surface area contributed by atoms with Crippen molar-refractivity contribution in [1.82, 2.24) is 20.5 Å². The number of nitrogens with zero attached hydrogens (tertiary/aromatic N) is 2. The lowest BCUT2D eigenvalue weighted by Crippen LogP contribution is -2.43. The number of H-pyrrole nitrogens is 1. The molecule has 0 spiro atoms. The van der Waals surface area contributed by atoms with Crippen LogP contribution in [0.25, 0.3) is 10.9 Å². The Morgan fingerprint density at radius 2 is 2.07 bits per heavy atom. The number of aliphatic hydroxyl groups is 2. The normalized spacial score (nSPS) is 12.6. The molecule has 2 aromatic heterocycles. The summed E-state index contributed by atoms with van der Waals surface area (Å²) < 4.78 is 18.5. The predicted octanol–water partition coefficient (Wildman–Crippen LogP) is 2.10. The van der Waals surface area contributed by atoms with E-state index in [1.54, 1.807) is 19.9 Å². The first kappa shape index (κ1) is 20.5. The molecule has 10 heteroatoms. The Morgan fingerprint density at radius 1 is 1.34 bits per heavy atom. The average Bonchev–Trinajstić information content (AvgIpc) is 3.06. The third-order valence-electron chi connectivity index (χ3n) is 4.17. The minimum Gasteiger partial charge on any atom is -0.474 e. The second-order valence-electron chi connectivity index (χ2n) is 6.95. The van der Waals surface area contributed by atoms with Gasteiger partial charge in [-0.25, -0.2) is 14.2 Å². The van der Waals surface area contributed by atoms with Crippen LogP contribution in [-0.2, 0) is 0 Å². The number of urea groups is 1. The van der Waals surface area contributed by atoms with Gasteiger partial charge >= 0.3 is 6.03 Å². The molecule has 2 amide bonds. The number of rotatable bonds is 7. The molecular formula is C19H22FN5O4. The Bertz CT molecular complexity index is 984. The van der Waals surface area contributed by atoms with Crippen molar-refractivity contribution in [3.63, 3.8) is 0 Å². The lowest BCUT2D eigenvalue weighted by Gasteiger charge is -2.30. The molecule has 3 aromatic rings. The summed E-state index contributed by atoms with van der Waals surface area (Å²) in [7, 11) is 0. The standard InChI is InChI=1S/C19H22FN5O4/c1-19(2,28)16(11-3-5-12(20)6-4-11)23-18(27)22-15-9-14-13(10-21-15)17(25-24-14)29-8-7-26/h3-6,9-10,16,26,28H,7-8H2,1-2H3,(H,24,25)(H2,21,22,23,27). The molecule has 9 nitrogen and oxygen atoms in total. The first-order valence-electron chi connectivity index (χ1n) is 8.91. The fourth-order valence-electron chi connectivity index (χ4n) is 2.82. The molecule has 0 aliphatic heterocycles. The Hall–Kier alpha value is -3.24. The van der Waals surface area contributed by atoms with Crippen molar-refractivity contribution in [3.05, 3.63) is 47.9 Å². The van der Waals surface area contributed by atoms with E-state index in [1.165, 1.54) is 30.5 Å². The number of aromatic nitrogens is 3. The van der Waals surface area contributed by atoms with Gasteiger partial charge in [-0.2, -0.15) is 0 Å². The Balaban J connectivity index is 1.73. The van der Waals surface area contributed by atoms with E-state index in [9.17, 15) is 14.3 Å². The highest BCUT2D eigenvalue weighted by atomic mass is 19.1. The molecule has 1 atom stereocenters. The van der Waals surface area contributed by atoms with Crippen molar-refractivity contribution in [2.75, 3.05) is 18.5 Å². The average molecular weight is 403 g/mol. The highest BCUT2D eigenvalue weighted by molar-refractivity contribution is 5.92. The van der Waals surface area contributed by atoms with Crippen molar-refractivity contribution in [3.8, 4) is 5.88 Å². The molecule has 0 saturated heterocycles. The van der Waals surface area contributed by atoms with Crippen LogP contribution in [0.3, 0.4) is 0 Å². The third-order valence-corrected chi connectivity index (χ3v) is 4.17. The number of pyridine rings is 1. The summed E-state index contributed by atoms with van der Waals surface area (Å²) in [4.78, 5) is 16.6. The number of aromatic amines is 1. The van der Waals surface area contributed by atoms with Gasteiger partial charge in [0.05, 0.1) is 29.2 Å². The molecule has 3 rings (SSSR count). The van der Waals surface area contributed by atoms with Crippen LogP contribution >= 0.6 is 0 Å². The Kier molecular flexibility index (Phi) is 5.95. The Labute approximate surface area is 165 Å². The second kappa shape index (κ2) is 8.41. The molecule has 0 aliphatic carbocycles. The highest BCUT2D eigenvalue weighted by Gasteiger charge is 2.30. The van der Waals surface area contributed by atoms with Gasteiger partial charge < -0.3 is 20.3 Å². The lowest BCUT2D eigenvalue weighted by atomic mass is 9.92. The number of halogens is 1. The van der Waals surface area contributed by atoms with E-state index in [0.717, 1.165) is 0 Å². The molecule has 0 radical (unpaired) electrons. The summed E-state index contributed by atoms with van der Waals surface area (Å²) in [5, 5.41) is 31.9. The summed E-state index contributed by atoms with van der Waals surface area (Å²) in [5.41, 5.74) is -0.160. The van der Waals surface area contributed by atoms with Crippen molar-refractivity contribution in [2.24, 2.45) is 0 Å². The van der Waals surface area contributed by atoms with Gasteiger partial charge in [0, 0.05) is 12.3 Å². The van der Waals surface area contributed by atoms with Gasteiger partial charge in [-0.3, -0.25) is 10.4 Å². The van der Waals surface area contributed by atoms with Crippen LogP contribution in [-0.4, -0.2) is 50.2 Å². The van der Waals surface area contributed by atoms with E-state index in [4.69, 9.17) is 9.84 Å². The number of carbonyl (C=O) groups is 1. The van der Waals surface area contributed by atoms with Crippen molar-refractivity contribution >= 4 is 22.8 Å². The monoisotopic (exact) mass is 403 g/mol. The lowest BCUT2D eigenvalue weighted by molar-refractivity contribution is 0.0415. The Morgan fingerprint density at radius 3 is 2.72 bits per heavy atom. The number of aliphatic hydroxyl groups excluding tert-OH is 1. The summed E-state index contributed by atoms with van der Waals surface area (Å²) in [6.45, 7) is 3.05. The summed E-state index contributed by atoms with van der Waals surface area (Å²) in [6, 6.07) is 5.73. The van der Waals surface area contributed by atoms with E-state index < -0.39 is 23.5 Å². The summed E-state index contributed by atoms with van der Waals surface area (Å²) in [6.07, 6.45) is 1.48. The molecule has 1 unspecified atom stereocenters. The van der Waals surface area contributed by atoms with E-state index in [2.05, 4.69) is 25.8 Å². The van der Waals surface area contributed by atoms with Crippen LogP contribution in [0.2, 0.25) is 0 Å². The summed E-state index contributed by atoms with van der Waals surface area (Å²) >= 11 is 0. The van der Waals surface area contributed by atoms with E-state index >= 15 is 0 Å². The predicted molar refractivity (Wildman–Crippen MR) is 104 cm³/mol. The van der Waals surface area contributed by atoms with Crippen LogP contribution in [0, 0.1) is 5.82 Å². The molecule has 1 aromatic carbocycles. The molecular weight excluding hydrogens is 381 g/mol. The van der Waals surface area contributed by atoms with Crippen molar-refractivity contribution in [2.45, 2.75) is 25.5 Å². The topological polar surface area (TPSA) is 132 Å². The number of benzene rings is 1. The van der Waals surface area contributed by atoms with Crippen molar-refractivity contribution < 1.29 is 24.1 Å². The van der Waals surface area contributed by atoms with E-state index in [0.29, 0.717) is 22.3 Å². The molecule has 0 bridgehead atoms. The maximum atomic E-state index is 13.2. The first-order valence-corrected chi connectivity index (χ1v) is 8.91. The summed E-state index contributed by atoms with van der Waals surface area (Å²) in [5.74, 6) is 0.143. The van der Waals surface area contributed by atoms with Crippen LogP contribution < -0.4 is 15.4 Å². The highest BCUT2D eigenvalue weighted by Crippen LogP contribution is 2.26. The molecule has 5 N–H and O–H groups in total. The van der Waals surface area contributed by atoms with Crippen LogP contribution in [0.5, 0.6) is 5.88 Å². The number of anilines is 1. The quantitative estimate of drug-likeness (QED) is 0.410.